The lowest BCUT2D eigenvalue weighted by Gasteiger charge is -2.09. The number of anilines is 2. The third-order valence-electron chi connectivity index (χ3n) is 3.23. The Kier molecular flexibility index (Phi) is 4.39. The highest BCUT2D eigenvalue weighted by atomic mass is 35.5. The van der Waals surface area contributed by atoms with Gasteiger partial charge in [-0.25, -0.2) is 4.39 Å². The Morgan fingerprint density at radius 1 is 0.957 bits per heavy atom. The SMILES string of the molecule is COc1cncc(-c2cncc(Nc3ccc(F)c(Cl)c3)c2)c1. The zero-order chi connectivity index (χ0) is 16.2. The Bertz CT molecular complexity index is 842. The molecule has 0 spiro atoms. The smallest absolute Gasteiger partial charge is 0.141 e. The van der Waals surface area contributed by atoms with E-state index in [1.165, 1.54) is 12.1 Å². The van der Waals surface area contributed by atoms with Gasteiger partial charge in [-0.05, 0) is 30.3 Å². The summed E-state index contributed by atoms with van der Waals surface area (Å²) >= 11 is 5.79. The van der Waals surface area contributed by atoms with Crippen LogP contribution in [0.1, 0.15) is 0 Å². The van der Waals surface area contributed by atoms with E-state index in [9.17, 15) is 4.39 Å². The van der Waals surface area contributed by atoms with Crippen molar-refractivity contribution in [1.29, 1.82) is 0 Å². The normalized spacial score (nSPS) is 10.4. The summed E-state index contributed by atoms with van der Waals surface area (Å²) in [7, 11) is 1.59. The van der Waals surface area contributed by atoms with Gasteiger partial charge >= 0.3 is 0 Å². The lowest BCUT2D eigenvalue weighted by atomic mass is 10.1. The first kappa shape index (κ1) is 15.2. The number of aromatic nitrogens is 2. The van der Waals surface area contributed by atoms with E-state index in [1.54, 1.807) is 38.0 Å². The van der Waals surface area contributed by atoms with Crippen molar-refractivity contribution in [3.63, 3.8) is 0 Å². The molecule has 0 saturated heterocycles. The number of hydrogen-bond donors (Lipinski definition) is 1. The maximum absolute atomic E-state index is 13.2. The molecule has 0 bridgehead atoms. The van der Waals surface area contributed by atoms with E-state index in [2.05, 4.69) is 15.3 Å². The molecule has 1 aromatic carbocycles. The topological polar surface area (TPSA) is 47.0 Å². The second kappa shape index (κ2) is 6.62. The minimum absolute atomic E-state index is 0.0658. The summed E-state index contributed by atoms with van der Waals surface area (Å²) < 4.78 is 18.4. The number of methoxy groups -OCH3 is 1. The number of halogens is 2. The molecule has 6 heteroatoms. The molecule has 3 rings (SSSR count). The predicted octanol–water partition coefficient (Wildman–Crippen LogP) is 4.69. The summed E-state index contributed by atoms with van der Waals surface area (Å²) in [6.45, 7) is 0. The van der Waals surface area contributed by atoms with Gasteiger partial charge < -0.3 is 10.1 Å². The van der Waals surface area contributed by atoms with Gasteiger partial charge in [0.25, 0.3) is 0 Å². The number of rotatable bonds is 4. The first-order chi connectivity index (χ1) is 11.2. The highest BCUT2D eigenvalue weighted by molar-refractivity contribution is 6.31. The van der Waals surface area contributed by atoms with Crippen LogP contribution in [0.5, 0.6) is 5.75 Å². The molecule has 3 aromatic rings. The van der Waals surface area contributed by atoms with Crippen LogP contribution in [0.25, 0.3) is 11.1 Å². The Balaban J connectivity index is 1.88. The van der Waals surface area contributed by atoms with Gasteiger partial charge in [0.1, 0.15) is 11.6 Å². The molecule has 0 aliphatic rings. The van der Waals surface area contributed by atoms with Crippen molar-refractivity contribution in [2.24, 2.45) is 0 Å². The molecule has 0 aliphatic heterocycles. The molecule has 0 fully saturated rings. The molecule has 0 atom stereocenters. The van der Waals surface area contributed by atoms with Gasteiger partial charge in [-0.3, -0.25) is 9.97 Å². The number of nitrogens with zero attached hydrogens (tertiary/aromatic N) is 2. The molecule has 2 heterocycles. The third-order valence-corrected chi connectivity index (χ3v) is 3.52. The number of hydrogen-bond acceptors (Lipinski definition) is 4. The first-order valence-electron chi connectivity index (χ1n) is 6.82. The summed E-state index contributed by atoms with van der Waals surface area (Å²) in [6.07, 6.45) is 6.78. The molecular formula is C17H13ClFN3O. The molecule has 4 nitrogen and oxygen atoms in total. The minimum Gasteiger partial charge on any atom is -0.495 e. The summed E-state index contributed by atoms with van der Waals surface area (Å²) in [4.78, 5) is 8.35. The van der Waals surface area contributed by atoms with Gasteiger partial charge in [0, 0.05) is 29.2 Å². The van der Waals surface area contributed by atoms with E-state index in [1.807, 2.05) is 12.1 Å². The molecule has 0 unspecified atom stereocenters. The van der Waals surface area contributed by atoms with Gasteiger partial charge in [-0.15, -0.1) is 0 Å². The van der Waals surface area contributed by atoms with Crippen LogP contribution in [0.2, 0.25) is 5.02 Å². The molecule has 0 saturated carbocycles. The standard InChI is InChI=1S/C17H13ClFN3O/c1-23-15-5-12(8-21-10-15)11-4-14(9-20-7-11)22-13-2-3-17(19)16(18)6-13/h2-10,22H,1H3. The molecular weight excluding hydrogens is 317 g/mol. The van der Waals surface area contributed by atoms with Crippen molar-refractivity contribution < 1.29 is 9.13 Å². The molecule has 2 aromatic heterocycles. The van der Waals surface area contributed by atoms with E-state index >= 15 is 0 Å². The highest BCUT2D eigenvalue weighted by Gasteiger charge is 2.05. The summed E-state index contributed by atoms with van der Waals surface area (Å²) in [5, 5.41) is 3.21. The fourth-order valence-electron chi connectivity index (χ4n) is 2.10. The number of ether oxygens (including phenoxy) is 1. The third kappa shape index (κ3) is 3.57. The number of nitrogens with one attached hydrogen (secondary N) is 1. The minimum atomic E-state index is -0.452. The van der Waals surface area contributed by atoms with Crippen molar-refractivity contribution in [2.45, 2.75) is 0 Å². The highest BCUT2D eigenvalue weighted by Crippen LogP contribution is 2.27. The summed E-state index contributed by atoms with van der Waals surface area (Å²) in [5.41, 5.74) is 3.21. The zero-order valence-corrected chi connectivity index (χ0v) is 13.0. The van der Waals surface area contributed by atoms with Crippen LogP contribution < -0.4 is 10.1 Å². The van der Waals surface area contributed by atoms with E-state index in [0.717, 1.165) is 16.8 Å². The van der Waals surface area contributed by atoms with Crippen molar-refractivity contribution >= 4 is 23.0 Å². The molecule has 116 valence electrons. The molecule has 0 aliphatic carbocycles. The Morgan fingerprint density at radius 3 is 2.43 bits per heavy atom. The monoisotopic (exact) mass is 329 g/mol. The molecule has 0 amide bonds. The second-order valence-electron chi connectivity index (χ2n) is 4.83. The van der Waals surface area contributed by atoms with Crippen LogP contribution in [0, 0.1) is 5.82 Å². The quantitative estimate of drug-likeness (QED) is 0.754. The summed E-state index contributed by atoms with van der Waals surface area (Å²) in [6, 6.07) is 8.24. The van der Waals surface area contributed by atoms with Crippen LogP contribution >= 0.6 is 11.6 Å². The predicted molar refractivity (Wildman–Crippen MR) is 88.7 cm³/mol. The molecule has 1 N–H and O–H groups in total. The van der Waals surface area contributed by atoms with E-state index < -0.39 is 5.82 Å². The van der Waals surface area contributed by atoms with Gasteiger partial charge in [0.15, 0.2) is 0 Å². The largest absolute Gasteiger partial charge is 0.495 e. The van der Waals surface area contributed by atoms with Crippen molar-refractivity contribution in [3.8, 4) is 16.9 Å². The van der Waals surface area contributed by atoms with Crippen molar-refractivity contribution in [1.82, 2.24) is 9.97 Å². The van der Waals surface area contributed by atoms with E-state index in [4.69, 9.17) is 16.3 Å². The maximum Gasteiger partial charge on any atom is 0.141 e. The maximum atomic E-state index is 13.2. The Morgan fingerprint density at radius 2 is 1.70 bits per heavy atom. The van der Waals surface area contributed by atoms with Gasteiger partial charge in [0.2, 0.25) is 0 Å². The van der Waals surface area contributed by atoms with Gasteiger partial charge in [-0.2, -0.15) is 0 Å². The van der Waals surface area contributed by atoms with Crippen LogP contribution in [0.4, 0.5) is 15.8 Å². The molecule has 23 heavy (non-hydrogen) atoms. The summed E-state index contributed by atoms with van der Waals surface area (Å²) in [5.74, 6) is 0.220. The van der Waals surface area contributed by atoms with E-state index in [-0.39, 0.29) is 5.02 Å². The first-order valence-corrected chi connectivity index (χ1v) is 7.20. The average Bonchev–Trinajstić information content (AvgIpc) is 2.58. The van der Waals surface area contributed by atoms with Crippen LogP contribution in [-0.4, -0.2) is 17.1 Å². The van der Waals surface area contributed by atoms with E-state index in [0.29, 0.717) is 11.4 Å². The fraction of sp³-hybridized carbons (Fsp3) is 0.0588. The number of benzene rings is 1. The van der Waals surface area contributed by atoms with Crippen LogP contribution in [0.15, 0.2) is 55.1 Å². The van der Waals surface area contributed by atoms with Gasteiger partial charge in [-0.1, -0.05) is 11.6 Å². The zero-order valence-electron chi connectivity index (χ0n) is 12.3. The lowest BCUT2D eigenvalue weighted by molar-refractivity contribution is 0.413. The van der Waals surface area contributed by atoms with Crippen LogP contribution in [0.3, 0.4) is 0 Å². The van der Waals surface area contributed by atoms with Crippen LogP contribution in [-0.2, 0) is 0 Å². The Labute approximate surface area is 137 Å². The average molecular weight is 330 g/mol. The fourth-order valence-corrected chi connectivity index (χ4v) is 2.28. The molecule has 0 radical (unpaired) electrons. The van der Waals surface area contributed by atoms with Crippen molar-refractivity contribution in [2.75, 3.05) is 12.4 Å². The van der Waals surface area contributed by atoms with Crippen molar-refractivity contribution in [3.05, 3.63) is 66.0 Å². The van der Waals surface area contributed by atoms with Gasteiger partial charge in [0.05, 0.1) is 30.2 Å². The second-order valence-corrected chi connectivity index (χ2v) is 5.24. The Hall–Kier alpha value is -2.66. The number of pyridine rings is 2. The lowest BCUT2D eigenvalue weighted by Crippen LogP contribution is -1.93.